The van der Waals surface area contributed by atoms with Crippen LogP contribution in [0.15, 0.2) is 22.7 Å². The quantitative estimate of drug-likeness (QED) is 0.478. The predicted octanol–water partition coefficient (Wildman–Crippen LogP) is 1.41. The number of nitrogens with two attached hydrogens (primary N) is 1. The van der Waals surface area contributed by atoms with Crippen molar-refractivity contribution in [1.29, 1.82) is 0 Å². The van der Waals surface area contributed by atoms with Gasteiger partial charge in [-0.1, -0.05) is 0 Å². The van der Waals surface area contributed by atoms with Crippen LogP contribution in [-0.4, -0.2) is 25.7 Å². The van der Waals surface area contributed by atoms with E-state index in [9.17, 15) is 18.5 Å². The zero-order valence-electron chi connectivity index (χ0n) is 9.21. The summed E-state index contributed by atoms with van der Waals surface area (Å²) in [6, 6.07) is 4.09. The maximum Gasteiger partial charge on any atom is 0.273 e. The highest BCUT2D eigenvalue weighted by Crippen LogP contribution is 2.29. The van der Waals surface area contributed by atoms with Crippen LogP contribution >= 0.6 is 15.9 Å². The standard InChI is InChI=1S/C9H11BrN2O5S/c10-8-3-2-7(12(13)14)6-9(8)17-4-1-5-18(11,15)16/h2-3,6H,1,4-5H2,(H2,11,15,16). The molecule has 0 unspecified atom stereocenters. The second kappa shape index (κ2) is 6.12. The maximum atomic E-state index is 10.7. The lowest BCUT2D eigenvalue weighted by atomic mass is 10.3. The number of nitro groups is 1. The molecular weight excluding hydrogens is 328 g/mol. The minimum Gasteiger partial charge on any atom is -0.492 e. The molecule has 7 nitrogen and oxygen atoms in total. The van der Waals surface area contributed by atoms with Gasteiger partial charge in [0.15, 0.2) is 0 Å². The number of halogens is 1. The number of nitrogens with zero attached hydrogens (tertiary/aromatic N) is 1. The first kappa shape index (κ1) is 14.9. The number of non-ortho nitro benzene ring substituents is 1. The Morgan fingerprint density at radius 3 is 2.67 bits per heavy atom. The van der Waals surface area contributed by atoms with Crippen LogP contribution in [-0.2, 0) is 10.0 Å². The molecule has 0 atom stereocenters. The molecule has 100 valence electrons. The summed E-state index contributed by atoms with van der Waals surface area (Å²) in [5, 5.41) is 15.4. The first-order valence-corrected chi connectivity index (χ1v) is 7.37. The average molecular weight is 339 g/mol. The molecule has 0 amide bonds. The molecule has 0 aliphatic rings. The number of ether oxygens (including phenoxy) is 1. The van der Waals surface area contributed by atoms with Crippen molar-refractivity contribution in [2.24, 2.45) is 5.14 Å². The minimum atomic E-state index is -3.51. The van der Waals surface area contributed by atoms with E-state index in [2.05, 4.69) is 15.9 Å². The van der Waals surface area contributed by atoms with Crippen LogP contribution in [0.3, 0.4) is 0 Å². The summed E-state index contributed by atoms with van der Waals surface area (Å²) in [6.45, 7) is 0.107. The average Bonchev–Trinajstić information content (AvgIpc) is 2.24. The SMILES string of the molecule is NS(=O)(=O)CCCOc1cc([N+](=O)[O-])ccc1Br. The van der Waals surface area contributed by atoms with Crippen molar-refractivity contribution in [1.82, 2.24) is 0 Å². The fourth-order valence-corrected chi connectivity index (χ4v) is 2.04. The van der Waals surface area contributed by atoms with E-state index in [0.717, 1.165) is 0 Å². The number of hydrogen-bond donors (Lipinski definition) is 1. The van der Waals surface area contributed by atoms with Crippen LogP contribution in [0.25, 0.3) is 0 Å². The largest absolute Gasteiger partial charge is 0.492 e. The Bertz CT molecular complexity index is 546. The predicted molar refractivity (Wildman–Crippen MR) is 68.9 cm³/mol. The molecule has 1 aromatic carbocycles. The molecule has 9 heteroatoms. The molecule has 18 heavy (non-hydrogen) atoms. The molecule has 1 rings (SSSR count). The van der Waals surface area contributed by atoms with E-state index in [1.807, 2.05) is 0 Å². The lowest BCUT2D eigenvalue weighted by molar-refractivity contribution is -0.385. The maximum absolute atomic E-state index is 10.7. The van der Waals surface area contributed by atoms with E-state index in [1.54, 1.807) is 0 Å². The van der Waals surface area contributed by atoms with Gasteiger partial charge in [-0.25, -0.2) is 13.6 Å². The smallest absolute Gasteiger partial charge is 0.273 e. The molecule has 0 saturated carbocycles. The zero-order valence-corrected chi connectivity index (χ0v) is 11.6. The first-order chi connectivity index (χ1) is 8.29. The summed E-state index contributed by atoms with van der Waals surface area (Å²) in [5.74, 6) is 0.0955. The summed E-state index contributed by atoms with van der Waals surface area (Å²) in [7, 11) is -3.51. The normalized spacial score (nSPS) is 11.2. The van der Waals surface area contributed by atoms with E-state index < -0.39 is 14.9 Å². The molecule has 2 N–H and O–H groups in total. The van der Waals surface area contributed by atoms with Gasteiger partial charge in [-0.15, -0.1) is 0 Å². The van der Waals surface area contributed by atoms with E-state index in [0.29, 0.717) is 10.2 Å². The fourth-order valence-electron chi connectivity index (χ4n) is 1.16. The van der Waals surface area contributed by atoms with Crippen LogP contribution in [0.1, 0.15) is 6.42 Å². The minimum absolute atomic E-state index is 0.0975. The van der Waals surface area contributed by atoms with Gasteiger partial charge in [-0.2, -0.15) is 0 Å². The molecule has 0 aliphatic heterocycles. The monoisotopic (exact) mass is 338 g/mol. The van der Waals surface area contributed by atoms with Crippen molar-refractivity contribution in [3.63, 3.8) is 0 Å². The number of sulfonamides is 1. The molecule has 0 spiro atoms. The summed E-state index contributed by atoms with van der Waals surface area (Å²) in [5.41, 5.74) is -0.0975. The van der Waals surface area contributed by atoms with Crippen molar-refractivity contribution in [2.45, 2.75) is 6.42 Å². The van der Waals surface area contributed by atoms with Crippen LogP contribution < -0.4 is 9.88 Å². The lowest BCUT2D eigenvalue weighted by Gasteiger charge is -2.07. The number of nitro benzene ring substituents is 1. The van der Waals surface area contributed by atoms with Crippen molar-refractivity contribution < 1.29 is 18.1 Å². The second-order valence-electron chi connectivity index (χ2n) is 3.44. The summed E-state index contributed by atoms with van der Waals surface area (Å²) >= 11 is 3.18. The van der Waals surface area contributed by atoms with Gasteiger partial charge in [0.1, 0.15) is 5.75 Å². The van der Waals surface area contributed by atoms with E-state index >= 15 is 0 Å². The van der Waals surface area contributed by atoms with Crippen LogP contribution in [0, 0.1) is 10.1 Å². The number of primary sulfonamides is 1. The lowest BCUT2D eigenvalue weighted by Crippen LogP contribution is -2.18. The molecule has 0 saturated heterocycles. The molecular formula is C9H11BrN2O5S. The molecule has 0 aliphatic carbocycles. The Morgan fingerprint density at radius 2 is 2.11 bits per heavy atom. The molecule has 0 aromatic heterocycles. The first-order valence-electron chi connectivity index (χ1n) is 4.87. The molecule has 0 fully saturated rings. The van der Waals surface area contributed by atoms with Gasteiger partial charge in [0.25, 0.3) is 5.69 Å². The topological polar surface area (TPSA) is 113 Å². The third-order valence-electron chi connectivity index (χ3n) is 1.96. The van der Waals surface area contributed by atoms with E-state index in [4.69, 9.17) is 9.88 Å². The second-order valence-corrected chi connectivity index (χ2v) is 6.03. The van der Waals surface area contributed by atoms with Crippen molar-refractivity contribution in [2.75, 3.05) is 12.4 Å². The van der Waals surface area contributed by atoms with E-state index in [1.165, 1.54) is 18.2 Å². The van der Waals surface area contributed by atoms with Gasteiger partial charge >= 0.3 is 0 Å². The highest BCUT2D eigenvalue weighted by Gasteiger charge is 2.10. The van der Waals surface area contributed by atoms with Gasteiger partial charge in [-0.3, -0.25) is 10.1 Å². The van der Waals surface area contributed by atoms with Crippen LogP contribution in [0.4, 0.5) is 5.69 Å². The number of benzene rings is 1. The van der Waals surface area contributed by atoms with Gasteiger partial charge in [0, 0.05) is 6.07 Å². The van der Waals surface area contributed by atoms with E-state index in [-0.39, 0.29) is 24.5 Å². The zero-order chi connectivity index (χ0) is 13.8. The van der Waals surface area contributed by atoms with Crippen molar-refractivity contribution in [3.05, 3.63) is 32.8 Å². The Kier molecular flexibility index (Phi) is 5.05. The number of rotatable bonds is 6. The van der Waals surface area contributed by atoms with Crippen molar-refractivity contribution in [3.8, 4) is 5.75 Å². The van der Waals surface area contributed by atoms with Crippen molar-refractivity contribution >= 4 is 31.6 Å². The Labute approximate surface area is 112 Å². The molecule has 0 bridgehead atoms. The van der Waals surface area contributed by atoms with Gasteiger partial charge in [0.05, 0.1) is 27.8 Å². The highest BCUT2D eigenvalue weighted by atomic mass is 79.9. The molecule has 1 aromatic rings. The van der Waals surface area contributed by atoms with Crippen LogP contribution in [0.2, 0.25) is 0 Å². The third-order valence-corrected chi connectivity index (χ3v) is 3.47. The fraction of sp³-hybridized carbons (Fsp3) is 0.333. The van der Waals surface area contributed by atoms with Gasteiger partial charge in [0.2, 0.25) is 10.0 Å². The Hall–Kier alpha value is -1.19. The summed E-state index contributed by atoms with van der Waals surface area (Å²) in [4.78, 5) is 10.0. The number of hydrogen-bond acceptors (Lipinski definition) is 5. The Balaban J connectivity index is 2.61. The highest BCUT2D eigenvalue weighted by molar-refractivity contribution is 9.10. The third kappa shape index (κ3) is 4.98. The van der Waals surface area contributed by atoms with Crippen LogP contribution in [0.5, 0.6) is 5.75 Å². The summed E-state index contributed by atoms with van der Waals surface area (Å²) in [6.07, 6.45) is 0.216. The molecule has 0 radical (unpaired) electrons. The summed E-state index contributed by atoms with van der Waals surface area (Å²) < 4.78 is 27.2. The van der Waals surface area contributed by atoms with Gasteiger partial charge in [-0.05, 0) is 28.4 Å². The molecule has 0 heterocycles. The van der Waals surface area contributed by atoms with Gasteiger partial charge < -0.3 is 4.74 Å². The Morgan fingerprint density at radius 1 is 1.44 bits per heavy atom.